The number of piperazine rings is 1. The maximum Gasteiger partial charge on any atom is 0.405 e. The molecule has 1 atom stereocenters. The molecular formula is C18H21F3N4O2. The van der Waals surface area contributed by atoms with Crippen LogP contribution in [0.2, 0.25) is 0 Å². The molecule has 2 aromatic rings. The van der Waals surface area contributed by atoms with E-state index in [1.165, 1.54) is 11.2 Å². The highest BCUT2D eigenvalue weighted by atomic mass is 19.4. The van der Waals surface area contributed by atoms with Crippen molar-refractivity contribution >= 4 is 5.91 Å². The van der Waals surface area contributed by atoms with Gasteiger partial charge in [0.25, 0.3) is 5.91 Å². The largest absolute Gasteiger partial charge is 0.463 e. The first-order valence-corrected chi connectivity index (χ1v) is 8.67. The lowest BCUT2D eigenvalue weighted by atomic mass is 10.1. The third-order valence-electron chi connectivity index (χ3n) is 4.53. The minimum absolute atomic E-state index is 0.242. The van der Waals surface area contributed by atoms with Crippen LogP contribution in [0.5, 0.6) is 0 Å². The highest BCUT2D eigenvalue weighted by Crippen LogP contribution is 2.25. The fourth-order valence-electron chi connectivity index (χ4n) is 3.09. The van der Waals surface area contributed by atoms with Crippen LogP contribution in [-0.4, -0.2) is 60.7 Å². The number of hydrogen-bond donors (Lipinski definition) is 2. The van der Waals surface area contributed by atoms with Gasteiger partial charge in [0.15, 0.2) is 5.76 Å². The van der Waals surface area contributed by atoms with Crippen molar-refractivity contribution < 1.29 is 22.4 Å². The molecule has 2 aromatic heterocycles. The predicted octanol–water partition coefficient (Wildman–Crippen LogP) is 2.22. The van der Waals surface area contributed by atoms with Gasteiger partial charge < -0.3 is 15.1 Å². The second-order valence-electron chi connectivity index (χ2n) is 6.36. The van der Waals surface area contributed by atoms with Gasteiger partial charge in [-0.2, -0.15) is 13.2 Å². The first-order valence-electron chi connectivity index (χ1n) is 8.67. The van der Waals surface area contributed by atoms with Gasteiger partial charge in [-0.1, -0.05) is 0 Å². The van der Waals surface area contributed by atoms with E-state index in [1.54, 1.807) is 31.2 Å². The highest BCUT2D eigenvalue weighted by molar-refractivity contribution is 5.95. The van der Waals surface area contributed by atoms with E-state index >= 15 is 0 Å². The molecule has 0 saturated carbocycles. The first-order chi connectivity index (χ1) is 12.9. The monoisotopic (exact) mass is 382 g/mol. The van der Waals surface area contributed by atoms with E-state index in [9.17, 15) is 18.0 Å². The summed E-state index contributed by atoms with van der Waals surface area (Å²) < 4.78 is 45.5. The molecule has 146 valence electrons. The smallest absolute Gasteiger partial charge is 0.405 e. The number of furan rings is 1. The summed E-state index contributed by atoms with van der Waals surface area (Å²) in [5.41, 5.74) is 1.22. The standard InChI is InChI=1S/C18H21F3N4O2/c1-12-13(4-5-14(24-12)15-3-2-10-27-15)17(26)23-11-16(18(19,20)21)25-8-6-22-7-9-25/h2-5,10,16,22H,6-9,11H2,1H3,(H,23,26). The maximum absolute atomic E-state index is 13.4. The predicted molar refractivity (Wildman–Crippen MR) is 93.3 cm³/mol. The maximum atomic E-state index is 13.4. The Balaban J connectivity index is 1.68. The Morgan fingerprint density at radius 1 is 1.33 bits per heavy atom. The lowest BCUT2D eigenvalue weighted by Gasteiger charge is -2.35. The van der Waals surface area contributed by atoms with Crippen LogP contribution in [0.4, 0.5) is 13.2 Å². The molecule has 0 bridgehead atoms. The number of carbonyl (C=O) groups is 1. The van der Waals surface area contributed by atoms with Crippen LogP contribution in [0.15, 0.2) is 34.9 Å². The van der Waals surface area contributed by atoms with Gasteiger partial charge >= 0.3 is 6.18 Å². The molecule has 1 aliphatic heterocycles. The minimum atomic E-state index is -4.42. The number of aromatic nitrogens is 1. The summed E-state index contributed by atoms with van der Waals surface area (Å²) in [6.45, 7) is 2.72. The van der Waals surface area contributed by atoms with Crippen molar-refractivity contribution in [1.82, 2.24) is 20.5 Å². The zero-order valence-electron chi connectivity index (χ0n) is 14.8. The van der Waals surface area contributed by atoms with E-state index in [0.29, 0.717) is 43.3 Å². The number of nitrogens with zero attached hydrogens (tertiary/aromatic N) is 2. The number of carbonyl (C=O) groups excluding carboxylic acids is 1. The summed E-state index contributed by atoms with van der Waals surface area (Å²) in [7, 11) is 0. The minimum Gasteiger partial charge on any atom is -0.463 e. The van der Waals surface area contributed by atoms with Crippen LogP contribution in [0.3, 0.4) is 0 Å². The van der Waals surface area contributed by atoms with Crippen molar-refractivity contribution in [2.45, 2.75) is 19.1 Å². The van der Waals surface area contributed by atoms with Crippen LogP contribution >= 0.6 is 0 Å². The van der Waals surface area contributed by atoms with E-state index in [4.69, 9.17) is 4.42 Å². The zero-order chi connectivity index (χ0) is 19.4. The molecule has 0 spiro atoms. The molecule has 27 heavy (non-hydrogen) atoms. The van der Waals surface area contributed by atoms with Crippen LogP contribution in [0, 0.1) is 6.92 Å². The first kappa shape index (κ1) is 19.4. The molecule has 2 N–H and O–H groups in total. The van der Waals surface area contributed by atoms with E-state index in [2.05, 4.69) is 15.6 Å². The molecule has 6 nitrogen and oxygen atoms in total. The zero-order valence-corrected chi connectivity index (χ0v) is 14.8. The molecule has 0 aliphatic carbocycles. The Bertz CT molecular complexity index is 771. The number of aryl methyl sites for hydroxylation is 1. The fourth-order valence-corrected chi connectivity index (χ4v) is 3.09. The number of halogens is 3. The van der Waals surface area contributed by atoms with E-state index in [0.717, 1.165) is 0 Å². The molecule has 1 fully saturated rings. The molecule has 0 aromatic carbocycles. The fraction of sp³-hybridized carbons (Fsp3) is 0.444. The van der Waals surface area contributed by atoms with Crippen molar-refractivity contribution in [3.63, 3.8) is 0 Å². The average molecular weight is 382 g/mol. The summed E-state index contributed by atoms with van der Waals surface area (Å²) in [6.07, 6.45) is -2.90. The van der Waals surface area contributed by atoms with E-state index in [1.807, 2.05) is 0 Å². The Labute approximate surface area is 154 Å². The number of nitrogens with one attached hydrogen (secondary N) is 2. The van der Waals surface area contributed by atoms with Crippen LogP contribution in [-0.2, 0) is 0 Å². The summed E-state index contributed by atoms with van der Waals surface area (Å²) in [5.74, 6) is -0.0173. The van der Waals surface area contributed by atoms with Crippen molar-refractivity contribution in [1.29, 1.82) is 0 Å². The number of rotatable bonds is 5. The Kier molecular flexibility index (Phi) is 5.81. The van der Waals surface area contributed by atoms with Gasteiger partial charge in [0.05, 0.1) is 17.5 Å². The molecule has 3 rings (SSSR count). The summed E-state index contributed by atoms with van der Waals surface area (Å²) >= 11 is 0. The van der Waals surface area contributed by atoms with Crippen molar-refractivity contribution in [3.8, 4) is 11.5 Å². The quantitative estimate of drug-likeness (QED) is 0.830. The normalized spacial score (nSPS) is 16.9. The number of pyridine rings is 1. The van der Waals surface area contributed by atoms with Gasteiger partial charge in [0.2, 0.25) is 0 Å². The number of amides is 1. The van der Waals surface area contributed by atoms with Gasteiger partial charge in [0, 0.05) is 32.7 Å². The third kappa shape index (κ3) is 4.67. The number of hydrogen-bond acceptors (Lipinski definition) is 5. The lowest BCUT2D eigenvalue weighted by Crippen LogP contribution is -2.57. The molecular weight excluding hydrogens is 361 g/mol. The van der Waals surface area contributed by atoms with Gasteiger partial charge in [-0.05, 0) is 31.2 Å². The van der Waals surface area contributed by atoms with Crippen LogP contribution in [0.25, 0.3) is 11.5 Å². The molecule has 1 aliphatic rings. The van der Waals surface area contributed by atoms with Crippen molar-refractivity contribution in [3.05, 3.63) is 41.8 Å². The summed E-state index contributed by atoms with van der Waals surface area (Å²) in [5, 5.41) is 5.44. The second kappa shape index (κ2) is 8.10. The van der Waals surface area contributed by atoms with Gasteiger partial charge in [-0.3, -0.25) is 9.69 Å². The highest BCUT2D eigenvalue weighted by Gasteiger charge is 2.43. The van der Waals surface area contributed by atoms with E-state index < -0.39 is 24.7 Å². The van der Waals surface area contributed by atoms with Gasteiger partial charge in [0.1, 0.15) is 11.7 Å². The average Bonchev–Trinajstić information content (AvgIpc) is 3.16. The van der Waals surface area contributed by atoms with Gasteiger partial charge in [-0.15, -0.1) is 0 Å². The Morgan fingerprint density at radius 3 is 2.67 bits per heavy atom. The topological polar surface area (TPSA) is 70.4 Å². The number of alkyl halides is 3. The summed E-state index contributed by atoms with van der Waals surface area (Å²) in [6, 6.07) is 4.91. The molecule has 0 radical (unpaired) electrons. The second-order valence-corrected chi connectivity index (χ2v) is 6.36. The van der Waals surface area contributed by atoms with Crippen molar-refractivity contribution in [2.75, 3.05) is 32.7 Å². The molecule has 1 amide bonds. The molecule has 9 heteroatoms. The SMILES string of the molecule is Cc1nc(-c2ccco2)ccc1C(=O)NCC(N1CCNCC1)C(F)(F)F. The van der Waals surface area contributed by atoms with E-state index in [-0.39, 0.29) is 5.56 Å². The van der Waals surface area contributed by atoms with Gasteiger partial charge in [-0.25, -0.2) is 4.98 Å². The third-order valence-corrected chi connectivity index (χ3v) is 4.53. The molecule has 3 heterocycles. The lowest BCUT2D eigenvalue weighted by molar-refractivity contribution is -0.183. The van der Waals surface area contributed by atoms with Crippen LogP contribution in [0.1, 0.15) is 16.1 Å². The molecule has 1 saturated heterocycles. The van der Waals surface area contributed by atoms with Crippen LogP contribution < -0.4 is 10.6 Å². The Morgan fingerprint density at radius 2 is 2.07 bits per heavy atom. The van der Waals surface area contributed by atoms with Crippen molar-refractivity contribution in [2.24, 2.45) is 0 Å². The molecule has 1 unspecified atom stereocenters. The Hall–Kier alpha value is -2.39. The summed E-state index contributed by atoms with van der Waals surface area (Å²) in [4.78, 5) is 18.1.